The SMILES string of the molecule is COc1ccc(C(Br)c2c(F)cc(Br)cc2F)c(C)c1. The van der Waals surface area contributed by atoms with Gasteiger partial charge in [0, 0.05) is 10.0 Å². The number of aryl methyl sites for hydroxylation is 1. The third-order valence-electron chi connectivity index (χ3n) is 3.05. The van der Waals surface area contributed by atoms with Crippen molar-refractivity contribution in [1.82, 2.24) is 0 Å². The molecule has 0 N–H and O–H groups in total. The topological polar surface area (TPSA) is 9.23 Å². The Morgan fingerprint density at radius 2 is 1.70 bits per heavy atom. The molecule has 0 aliphatic carbocycles. The van der Waals surface area contributed by atoms with Gasteiger partial charge in [-0.05, 0) is 42.3 Å². The van der Waals surface area contributed by atoms with Crippen molar-refractivity contribution in [3.63, 3.8) is 0 Å². The third kappa shape index (κ3) is 3.04. The summed E-state index contributed by atoms with van der Waals surface area (Å²) in [7, 11) is 1.58. The molecule has 0 saturated heterocycles. The van der Waals surface area contributed by atoms with E-state index in [1.807, 2.05) is 13.0 Å². The van der Waals surface area contributed by atoms with Crippen LogP contribution in [0.15, 0.2) is 34.8 Å². The lowest BCUT2D eigenvalue weighted by molar-refractivity contribution is 0.414. The first kappa shape index (κ1) is 15.4. The van der Waals surface area contributed by atoms with E-state index in [1.165, 1.54) is 12.1 Å². The van der Waals surface area contributed by atoms with Gasteiger partial charge in [-0.1, -0.05) is 37.9 Å². The second-order valence-corrected chi connectivity index (χ2v) is 6.20. The zero-order valence-corrected chi connectivity index (χ0v) is 14.1. The predicted molar refractivity (Wildman–Crippen MR) is 82.6 cm³/mol. The number of methoxy groups -OCH3 is 1. The fourth-order valence-corrected chi connectivity index (χ4v) is 3.36. The Labute approximate surface area is 133 Å². The molecule has 0 radical (unpaired) electrons. The average Bonchev–Trinajstić information content (AvgIpc) is 2.37. The Morgan fingerprint density at radius 1 is 1.10 bits per heavy atom. The second kappa shape index (κ2) is 6.22. The molecule has 106 valence electrons. The van der Waals surface area contributed by atoms with E-state index in [-0.39, 0.29) is 5.56 Å². The lowest BCUT2D eigenvalue weighted by Crippen LogP contribution is -2.03. The van der Waals surface area contributed by atoms with Crippen molar-refractivity contribution in [2.24, 2.45) is 0 Å². The van der Waals surface area contributed by atoms with Gasteiger partial charge in [-0.15, -0.1) is 0 Å². The highest BCUT2D eigenvalue weighted by atomic mass is 79.9. The summed E-state index contributed by atoms with van der Waals surface area (Å²) in [6.07, 6.45) is 0. The average molecular weight is 406 g/mol. The lowest BCUT2D eigenvalue weighted by atomic mass is 9.99. The Morgan fingerprint density at radius 3 is 2.20 bits per heavy atom. The van der Waals surface area contributed by atoms with E-state index in [2.05, 4.69) is 31.9 Å². The molecule has 0 heterocycles. The minimum atomic E-state index is -0.589. The Hall–Kier alpha value is -0.940. The molecule has 1 nitrogen and oxygen atoms in total. The van der Waals surface area contributed by atoms with Gasteiger partial charge in [0.15, 0.2) is 0 Å². The molecule has 0 spiro atoms. The van der Waals surface area contributed by atoms with Crippen molar-refractivity contribution >= 4 is 31.9 Å². The minimum Gasteiger partial charge on any atom is -0.497 e. The highest BCUT2D eigenvalue weighted by molar-refractivity contribution is 9.10. The lowest BCUT2D eigenvalue weighted by Gasteiger charge is -2.16. The molecule has 5 heteroatoms. The van der Waals surface area contributed by atoms with Crippen molar-refractivity contribution < 1.29 is 13.5 Å². The van der Waals surface area contributed by atoms with Crippen LogP contribution in [-0.4, -0.2) is 7.11 Å². The molecule has 0 aliphatic rings. The van der Waals surface area contributed by atoms with Crippen LogP contribution in [0.2, 0.25) is 0 Å². The van der Waals surface area contributed by atoms with Crippen molar-refractivity contribution in [2.75, 3.05) is 7.11 Å². The Balaban J connectivity index is 2.49. The first-order valence-corrected chi connectivity index (χ1v) is 7.58. The summed E-state index contributed by atoms with van der Waals surface area (Å²) >= 11 is 6.46. The summed E-state index contributed by atoms with van der Waals surface area (Å²) in [5, 5.41) is 0. The van der Waals surface area contributed by atoms with E-state index < -0.39 is 16.5 Å². The van der Waals surface area contributed by atoms with Gasteiger partial charge in [-0.25, -0.2) is 8.78 Å². The van der Waals surface area contributed by atoms with Gasteiger partial charge in [0.2, 0.25) is 0 Å². The number of ether oxygens (including phenoxy) is 1. The summed E-state index contributed by atoms with van der Waals surface area (Å²) < 4.78 is 33.5. The molecule has 0 amide bonds. The molecule has 0 fully saturated rings. The maximum absolute atomic E-state index is 14.0. The summed E-state index contributed by atoms with van der Waals surface area (Å²) in [4.78, 5) is -0.554. The number of halogens is 4. The zero-order valence-electron chi connectivity index (χ0n) is 10.9. The van der Waals surface area contributed by atoms with Gasteiger partial charge < -0.3 is 4.74 Å². The number of hydrogen-bond acceptors (Lipinski definition) is 1. The van der Waals surface area contributed by atoms with Crippen LogP contribution in [-0.2, 0) is 0 Å². The normalized spacial score (nSPS) is 12.3. The van der Waals surface area contributed by atoms with Crippen LogP contribution in [0.25, 0.3) is 0 Å². The molecule has 1 atom stereocenters. The molecule has 2 aromatic rings. The standard InChI is InChI=1S/C15H12Br2F2O/c1-8-5-10(20-2)3-4-11(8)15(17)14-12(18)6-9(16)7-13(14)19/h3-7,15H,1-2H3. The highest BCUT2D eigenvalue weighted by Gasteiger charge is 2.21. The van der Waals surface area contributed by atoms with Gasteiger partial charge in [0.05, 0.1) is 11.9 Å². The van der Waals surface area contributed by atoms with Crippen molar-refractivity contribution in [3.8, 4) is 5.75 Å². The zero-order chi connectivity index (χ0) is 14.9. The van der Waals surface area contributed by atoms with Crippen LogP contribution in [0.5, 0.6) is 5.75 Å². The minimum absolute atomic E-state index is 0.00136. The summed E-state index contributed by atoms with van der Waals surface area (Å²) in [6, 6.07) is 7.91. The van der Waals surface area contributed by atoms with Gasteiger partial charge in [-0.2, -0.15) is 0 Å². The fourth-order valence-electron chi connectivity index (χ4n) is 2.01. The van der Waals surface area contributed by atoms with Crippen LogP contribution < -0.4 is 4.74 Å². The van der Waals surface area contributed by atoms with Gasteiger partial charge >= 0.3 is 0 Å². The summed E-state index contributed by atoms with van der Waals surface area (Å²) in [5.41, 5.74) is 1.69. The van der Waals surface area contributed by atoms with Crippen molar-refractivity contribution in [1.29, 1.82) is 0 Å². The fraction of sp³-hybridized carbons (Fsp3) is 0.200. The quantitative estimate of drug-likeness (QED) is 0.610. The number of benzene rings is 2. The maximum Gasteiger partial charge on any atom is 0.131 e. The smallest absolute Gasteiger partial charge is 0.131 e. The molecule has 0 aromatic heterocycles. The van der Waals surface area contributed by atoms with Crippen molar-refractivity contribution in [3.05, 3.63) is 63.1 Å². The predicted octanol–water partition coefficient (Wildman–Crippen LogP) is 5.53. The van der Waals surface area contributed by atoms with Crippen LogP contribution in [0, 0.1) is 18.6 Å². The van der Waals surface area contributed by atoms with E-state index in [4.69, 9.17) is 4.74 Å². The van der Waals surface area contributed by atoms with Gasteiger partial charge in [0.1, 0.15) is 17.4 Å². The molecular weight excluding hydrogens is 394 g/mol. The third-order valence-corrected chi connectivity index (χ3v) is 4.46. The van der Waals surface area contributed by atoms with Gasteiger partial charge in [0.25, 0.3) is 0 Å². The summed E-state index contributed by atoms with van der Waals surface area (Å²) in [5.74, 6) is -0.467. The molecule has 0 aliphatic heterocycles. The van der Waals surface area contributed by atoms with E-state index in [0.29, 0.717) is 10.2 Å². The first-order chi connectivity index (χ1) is 9.43. The van der Waals surface area contributed by atoms with E-state index in [9.17, 15) is 8.78 Å². The van der Waals surface area contributed by atoms with Crippen LogP contribution >= 0.6 is 31.9 Å². The monoisotopic (exact) mass is 404 g/mol. The molecule has 2 rings (SSSR count). The van der Waals surface area contributed by atoms with Crippen molar-refractivity contribution in [2.45, 2.75) is 11.8 Å². The van der Waals surface area contributed by atoms with Gasteiger partial charge in [-0.3, -0.25) is 0 Å². The molecule has 1 unspecified atom stereocenters. The largest absolute Gasteiger partial charge is 0.497 e. The highest BCUT2D eigenvalue weighted by Crippen LogP contribution is 2.37. The number of alkyl halides is 1. The Kier molecular flexibility index (Phi) is 4.81. The van der Waals surface area contributed by atoms with E-state index in [1.54, 1.807) is 19.2 Å². The van der Waals surface area contributed by atoms with E-state index >= 15 is 0 Å². The van der Waals surface area contributed by atoms with Crippen LogP contribution in [0.4, 0.5) is 8.78 Å². The Bertz CT molecular complexity index is 621. The molecule has 2 aromatic carbocycles. The second-order valence-electron chi connectivity index (χ2n) is 4.37. The number of hydrogen-bond donors (Lipinski definition) is 0. The van der Waals surface area contributed by atoms with Crippen LogP contribution in [0.3, 0.4) is 0 Å². The first-order valence-electron chi connectivity index (χ1n) is 5.87. The molecular formula is C15H12Br2F2O. The van der Waals surface area contributed by atoms with E-state index in [0.717, 1.165) is 11.1 Å². The number of rotatable bonds is 3. The summed E-state index contributed by atoms with van der Waals surface area (Å²) in [6.45, 7) is 1.88. The molecule has 0 saturated carbocycles. The maximum atomic E-state index is 14.0. The van der Waals surface area contributed by atoms with Crippen LogP contribution in [0.1, 0.15) is 21.5 Å². The molecule has 20 heavy (non-hydrogen) atoms. The molecule has 0 bridgehead atoms.